The smallest absolute Gasteiger partial charge is 0.270 e. The SMILES string of the molecule is Cn1c(=O)cnc2cncnc21. The van der Waals surface area contributed by atoms with Crippen molar-refractivity contribution in [2.75, 3.05) is 0 Å². The predicted molar refractivity (Wildman–Crippen MR) is 42.6 cm³/mol. The van der Waals surface area contributed by atoms with E-state index in [1.54, 1.807) is 13.2 Å². The number of hydrogen-bond acceptors (Lipinski definition) is 4. The van der Waals surface area contributed by atoms with Crippen LogP contribution in [-0.4, -0.2) is 19.5 Å². The van der Waals surface area contributed by atoms with Crippen LogP contribution >= 0.6 is 0 Å². The van der Waals surface area contributed by atoms with Crippen LogP contribution in [0.15, 0.2) is 23.5 Å². The van der Waals surface area contributed by atoms with Gasteiger partial charge in [-0.1, -0.05) is 0 Å². The number of aryl methyl sites for hydroxylation is 1. The molecule has 0 fully saturated rings. The minimum Gasteiger partial charge on any atom is -0.293 e. The highest BCUT2D eigenvalue weighted by atomic mass is 16.1. The molecule has 0 amide bonds. The maximum absolute atomic E-state index is 11.1. The summed E-state index contributed by atoms with van der Waals surface area (Å²) in [5.41, 5.74) is 1.01. The number of rotatable bonds is 0. The fourth-order valence-electron chi connectivity index (χ4n) is 0.981. The Kier molecular flexibility index (Phi) is 1.36. The summed E-state index contributed by atoms with van der Waals surface area (Å²) in [6, 6.07) is 0. The Hall–Kier alpha value is -1.78. The molecule has 0 saturated carbocycles. The molecule has 0 aromatic carbocycles. The maximum Gasteiger partial charge on any atom is 0.270 e. The first-order valence-electron chi connectivity index (χ1n) is 3.41. The van der Waals surface area contributed by atoms with Crippen molar-refractivity contribution in [3.05, 3.63) is 29.1 Å². The number of nitrogens with zero attached hydrogens (tertiary/aromatic N) is 4. The minimum atomic E-state index is -0.166. The van der Waals surface area contributed by atoms with Crippen molar-refractivity contribution in [1.29, 1.82) is 0 Å². The van der Waals surface area contributed by atoms with Gasteiger partial charge >= 0.3 is 0 Å². The van der Waals surface area contributed by atoms with Crippen molar-refractivity contribution in [1.82, 2.24) is 19.5 Å². The molecule has 5 nitrogen and oxygen atoms in total. The van der Waals surface area contributed by atoms with Crippen molar-refractivity contribution in [2.45, 2.75) is 0 Å². The molecule has 2 aromatic heterocycles. The Morgan fingerprint density at radius 1 is 1.33 bits per heavy atom. The molecule has 0 radical (unpaired) electrons. The fourth-order valence-corrected chi connectivity index (χ4v) is 0.981. The summed E-state index contributed by atoms with van der Waals surface area (Å²) in [5, 5.41) is 0. The van der Waals surface area contributed by atoms with E-state index in [4.69, 9.17) is 0 Å². The van der Waals surface area contributed by atoms with E-state index in [9.17, 15) is 4.79 Å². The largest absolute Gasteiger partial charge is 0.293 e. The van der Waals surface area contributed by atoms with Gasteiger partial charge in [0, 0.05) is 7.05 Å². The van der Waals surface area contributed by atoms with Gasteiger partial charge in [-0.3, -0.25) is 9.36 Å². The number of hydrogen-bond donors (Lipinski definition) is 0. The van der Waals surface area contributed by atoms with Crippen molar-refractivity contribution < 1.29 is 0 Å². The van der Waals surface area contributed by atoms with Crippen molar-refractivity contribution in [2.24, 2.45) is 7.05 Å². The summed E-state index contributed by atoms with van der Waals surface area (Å²) in [6.45, 7) is 0. The van der Waals surface area contributed by atoms with Crippen molar-refractivity contribution >= 4 is 11.2 Å². The van der Waals surface area contributed by atoms with Gasteiger partial charge in [0.15, 0.2) is 5.65 Å². The van der Waals surface area contributed by atoms with Crippen molar-refractivity contribution in [3.63, 3.8) is 0 Å². The molecule has 5 heteroatoms. The molecule has 0 spiro atoms. The summed E-state index contributed by atoms with van der Waals surface area (Å²) in [5.74, 6) is 0. The van der Waals surface area contributed by atoms with Gasteiger partial charge in [0.25, 0.3) is 5.56 Å². The summed E-state index contributed by atoms with van der Waals surface area (Å²) < 4.78 is 1.43. The second-order valence-electron chi connectivity index (χ2n) is 2.39. The molecule has 0 aliphatic heterocycles. The molecule has 0 aliphatic rings. The fraction of sp³-hybridized carbons (Fsp3) is 0.143. The standard InChI is InChI=1S/C7H6N4O/c1-11-6(12)3-9-5-2-8-4-10-7(5)11/h2-4H,1H3. The molecule has 0 bridgehead atoms. The summed E-state index contributed by atoms with van der Waals surface area (Å²) in [6.07, 6.45) is 4.22. The molecule has 0 saturated heterocycles. The van der Waals surface area contributed by atoms with Gasteiger partial charge in [-0.25, -0.2) is 15.0 Å². The Bertz CT molecular complexity index is 476. The van der Waals surface area contributed by atoms with Crippen LogP contribution in [-0.2, 0) is 7.05 Å². The zero-order chi connectivity index (χ0) is 8.55. The van der Waals surface area contributed by atoms with E-state index in [1.807, 2.05) is 0 Å². The molecule has 2 heterocycles. The second-order valence-corrected chi connectivity index (χ2v) is 2.39. The van der Waals surface area contributed by atoms with Crippen LogP contribution in [0, 0.1) is 0 Å². The lowest BCUT2D eigenvalue weighted by Gasteiger charge is -1.99. The van der Waals surface area contributed by atoms with Crippen LogP contribution in [0.5, 0.6) is 0 Å². The average Bonchev–Trinajstić information content (AvgIpc) is 2.12. The molecule has 2 aromatic rings. The van der Waals surface area contributed by atoms with E-state index in [-0.39, 0.29) is 5.56 Å². The van der Waals surface area contributed by atoms with Crippen LogP contribution in [0.1, 0.15) is 0 Å². The number of aromatic nitrogens is 4. The summed E-state index contributed by atoms with van der Waals surface area (Å²) in [7, 11) is 1.65. The molecule has 0 atom stereocenters. The lowest BCUT2D eigenvalue weighted by Crippen LogP contribution is -2.17. The lowest BCUT2D eigenvalue weighted by molar-refractivity contribution is 0.868. The van der Waals surface area contributed by atoms with E-state index in [0.717, 1.165) is 0 Å². The summed E-state index contributed by atoms with van der Waals surface area (Å²) >= 11 is 0. The molecule has 60 valence electrons. The highest BCUT2D eigenvalue weighted by molar-refractivity contribution is 5.67. The van der Waals surface area contributed by atoms with Gasteiger partial charge in [-0.05, 0) is 0 Å². The van der Waals surface area contributed by atoms with E-state index in [0.29, 0.717) is 11.2 Å². The van der Waals surface area contributed by atoms with Crippen molar-refractivity contribution in [3.8, 4) is 0 Å². The molecule has 0 aliphatic carbocycles. The summed E-state index contributed by atoms with van der Waals surface area (Å²) in [4.78, 5) is 22.7. The maximum atomic E-state index is 11.1. The molecule has 12 heavy (non-hydrogen) atoms. The Morgan fingerprint density at radius 2 is 2.17 bits per heavy atom. The van der Waals surface area contributed by atoms with Crippen LogP contribution < -0.4 is 5.56 Å². The van der Waals surface area contributed by atoms with Gasteiger partial charge in [0.2, 0.25) is 0 Å². The Balaban J connectivity index is 3.01. The normalized spacial score (nSPS) is 10.4. The zero-order valence-electron chi connectivity index (χ0n) is 6.43. The second kappa shape index (κ2) is 2.37. The van der Waals surface area contributed by atoms with Gasteiger partial charge in [-0.15, -0.1) is 0 Å². The first kappa shape index (κ1) is 6.90. The molecule has 0 unspecified atom stereocenters. The Labute approximate surface area is 67.7 Å². The quantitative estimate of drug-likeness (QED) is 0.534. The predicted octanol–water partition coefficient (Wildman–Crippen LogP) is -0.276. The Morgan fingerprint density at radius 3 is 3.00 bits per heavy atom. The number of fused-ring (bicyclic) bond motifs is 1. The van der Waals surface area contributed by atoms with E-state index in [2.05, 4.69) is 15.0 Å². The first-order valence-corrected chi connectivity index (χ1v) is 3.41. The van der Waals surface area contributed by atoms with Crippen LogP contribution in [0.25, 0.3) is 11.2 Å². The van der Waals surface area contributed by atoms with Gasteiger partial charge < -0.3 is 0 Å². The third-order valence-corrected chi connectivity index (χ3v) is 1.63. The van der Waals surface area contributed by atoms with Crippen LogP contribution in [0.2, 0.25) is 0 Å². The van der Waals surface area contributed by atoms with Crippen LogP contribution in [0.4, 0.5) is 0 Å². The third kappa shape index (κ3) is 0.868. The first-order chi connectivity index (χ1) is 5.79. The van der Waals surface area contributed by atoms with Crippen LogP contribution in [0.3, 0.4) is 0 Å². The average molecular weight is 162 g/mol. The topological polar surface area (TPSA) is 60.7 Å². The van der Waals surface area contributed by atoms with Gasteiger partial charge in [0.1, 0.15) is 11.8 Å². The van der Waals surface area contributed by atoms with E-state index in [1.165, 1.54) is 17.1 Å². The highest BCUT2D eigenvalue weighted by Crippen LogP contribution is 1.99. The van der Waals surface area contributed by atoms with Gasteiger partial charge in [-0.2, -0.15) is 0 Å². The zero-order valence-corrected chi connectivity index (χ0v) is 6.43. The van der Waals surface area contributed by atoms with E-state index < -0.39 is 0 Å². The molecular formula is C7H6N4O. The van der Waals surface area contributed by atoms with E-state index >= 15 is 0 Å². The molecular weight excluding hydrogens is 156 g/mol. The van der Waals surface area contributed by atoms with Gasteiger partial charge in [0.05, 0.1) is 12.4 Å². The molecule has 2 rings (SSSR count). The third-order valence-electron chi connectivity index (χ3n) is 1.63. The highest BCUT2D eigenvalue weighted by Gasteiger charge is 1.99. The lowest BCUT2D eigenvalue weighted by atomic mass is 10.5. The minimum absolute atomic E-state index is 0.166. The monoisotopic (exact) mass is 162 g/mol. The molecule has 0 N–H and O–H groups in total.